The second kappa shape index (κ2) is 4.46. The molecule has 0 fully saturated rings. The van der Waals surface area contributed by atoms with E-state index in [1.165, 1.54) is 13.2 Å². The van der Waals surface area contributed by atoms with Gasteiger partial charge in [-0.3, -0.25) is 4.79 Å². The van der Waals surface area contributed by atoms with Gasteiger partial charge in [0.05, 0.1) is 18.2 Å². The SMILES string of the molecule is COc1ccc(-c2onc3c2C(=O)c2ccccc2-3)c(O)c1. The number of nitrogens with zero attached hydrogens (tertiary/aromatic N) is 1. The maximum atomic E-state index is 12.6. The van der Waals surface area contributed by atoms with Gasteiger partial charge in [0.25, 0.3) is 0 Å². The lowest BCUT2D eigenvalue weighted by molar-refractivity contribution is 0.104. The Bertz CT molecular complexity index is 911. The molecule has 108 valence electrons. The van der Waals surface area contributed by atoms with Gasteiger partial charge >= 0.3 is 0 Å². The van der Waals surface area contributed by atoms with Gasteiger partial charge in [0, 0.05) is 17.2 Å². The molecule has 0 saturated heterocycles. The first-order valence-electron chi connectivity index (χ1n) is 6.72. The van der Waals surface area contributed by atoms with Gasteiger partial charge in [0.15, 0.2) is 11.5 Å². The molecule has 0 radical (unpaired) electrons. The monoisotopic (exact) mass is 293 g/mol. The molecule has 5 heteroatoms. The number of ether oxygens (including phenoxy) is 1. The van der Waals surface area contributed by atoms with Crippen molar-refractivity contribution >= 4 is 5.78 Å². The van der Waals surface area contributed by atoms with Gasteiger partial charge in [-0.05, 0) is 12.1 Å². The molecule has 0 amide bonds. The minimum absolute atomic E-state index is 0.0259. The molecule has 0 atom stereocenters. The molecule has 0 bridgehead atoms. The third-order valence-corrected chi connectivity index (χ3v) is 3.80. The average Bonchev–Trinajstić information content (AvgIpc) is 3.08. The molecule has 0 aliphatic heterocycles. The van der Waals surface area contributed by atoms with E-state index in [9.17, 15) is 9.90 Å². The first kappa shape index (κ1) is 12.6. The van der Waals surface area contributed by atoms with Crippen LogP contribution in [-0.2, 0) is 0 Å². The predicted molar refractivity (Wildman–Crippen MR) is 79.0 cm³/mol. The molecule has 0 saturated carbocycles. The van der Waals surface area contributed by atoms with Crippen molar-refractivity contribution in [2.75, 3.05) is 7.11 Å². The third-order valence-electron chi connectivity index (χ3n) is 3.80. The third kappa shape index (κ3) is 1.59. The van der Waals surface area contributed by atoms with Crippen molar-refractivity contribution in [3.8, 4) is 34.1 Å². The van der Waals surface area contributed by atoms with Gasteiger partial charge in [-0.25, -0.2) is 0 Å². The zero-order valence-corrected chi connectivity index (χ0v) is 11.7. The molecular weight excluding hydrogens is 282 g/mol. The number of phenols is 1. The quantitative estimate of drug-likeness (QED) is 0.614. The Balaban J connectivity index is 1.91. The topological polar surface area (TPSA) is 72.6 Å². The van der Waals surface area contributed by atoms with E-state index in [2.05, 4.69) is 5.16 Å². The number of carbonyl (C=O) groups is 1. The van der Waals surface area contributed by atoms with Crippen LogP contribution in [0.25, 0.3) is 22.6 Å². The number of aromatic hydroxyl groups is 1. The highest BCUT2D eigenvalue weighted by Gasteiger charge is 2.35. The molecule has 1 aliphatic carbocycles. The minimum Gasteiger partial charge on any atom is -0.507 e. The number of hydrogen-bond acceptors (Lipinski definition) is 5. The Hall–Kier alpha value is -3.08. The molecule has 4 rings (SSSR count). The molecule has 22 heavy (non-hydrogen) atoms. The molecule has 1 N–H and O–H groups in total. The molecular formula is C17H11NO4. The van der Waals surface area contributed by atoms with Gasteiger partial charge in [-0.2, -0.15) is 0 Å². The van der Waals surface area contributed by atoms with E-state index < -0.39 is 0 Å². The van der Waals surface area contributed by atoms with Crippen molar-refractivity contribution in [2.24, 2.45) is 0 Å². The van der Waals surface area contributed by atoms with Crippen molar-refractivity contribution in [3.05, 3.63) is 53.6 Å². The summed E-state index contributed by atoms with van der Waals surface area (Å²) in [4.78, 5) is 12.6. The fourth-order valence-electron chi connectivity index (χ4n) is 2.72. The predicted octanol–water partition coefficient (Wildman–Crippen LogP) is 3.27. The first-order valence-corrected chi connectivity index (χ1v) is 6.72. The summed E-state index contributed by atoms with van der Waals surface area (Å²) in [7, 11) is 1.51. The second-order valence-corrected chi connectivity index (χ2v) is 4.99. The number of phenolic OH excluding ortho intramolecular Hbond substituents is 1. The largest absolute Gasteiger partial charge is 0.507 e. The van der Waals surface area contributed by atoms with Gasteiger partial charge in [0.1, 0.15) is 17.2 Å². The van der Waals surface area contributed by atoms with E-state index in [4.69, 9.17) is 9.26 Å². The normalized spacial score (nSPS) is 12.1. The lowest BCUT2D eigenvalue weighted by atomic mass is 10.0. The molecule has 3 aromatic rings. The molecule has 5 nitrogen and oxygen atoms in total. The summed E-state index contributed by atoms with van der Waals surface area (Å²) in [5.74, 6) is 0.627. The number of methoxy groups -OCH3 is 1. The van der Waals surface area contributed by atoms with Crippen LogP contribution in [0.4, 0.5) is 0 Å². The van der Waals surface area contributed by atoms with Crippen molar-refractivity contribution in [3.63, 3.8) is 0 Å². The number of hydrogen-bond donors (Lipinski definition) is 1. The summed E-state index contributed by atoms with van der Waals surface area (Å²) in [6, 6.07) is 12.1. The number of rotatable bonds is 2. The number of fused-ring (bicyclic) bond motifs is 3. The Morgan fingerprint density at radius 1 is 1.09 bits per heavy atom. The fourth-order valence-corrected chi connectivity index (χ4v) is 2.72. The summed E-state index contributed by atoms with van der Waals surface area (Å²) in [6.07, 6.45) is 0. The zero-order valence-electron chi connectivity index (χ0n) is 11.7. The molecule has 1 heterocycles. The van der Waals surface area contributed by atoms with Gasteiger partial charge in [0.2, 0.25) is 0 Å². The maximum absolute atomic E-state index is 12.6. The summed E-state index contributed by atoms with van der Waals surface area (Å²) in [5.41, 5.74) is 2.68. The van der Waals surface area contributed by atoms with Gasteiger partial charge in [-0.15, -0.1) is 0 Å². The highest BCUT2D eigenvalue weighted by atomic mass is 16.5. The Morgan fingerprint density at radius 2 is 1.86 bits per heavy atom. The van der Waals surface area contributed by atoms with Gasteiger partial charge < -0.3 is 14.4 Å². The lowest BCUT2D eigenvalue weighted by Crippen LogP contribution is -1.96. The standard InChI is InChI=1S/C17H11NO4/c1-21-9-6-7-12(13(19)8-9)17-14-15(18-22-17)10-4-2-3-5-11(10)16(14)20/h2-8,19H,1H3. The lowest BCUT2D eigenvalue weighted by Gasteiger charge is -2.05. The van der Waals surface area contributed by atoms with Crippen molar-refractivity contribution in [1.29, 1.82) is 0 Å². The second-order valence-electron chi connectivity index (χ2n) is 4.99. The molecule has 2 aromatic carbocycles. The van der Waals surface area contributed by atoms with Gasteiger partial charge in [-0.1, -0.05) is 29.4 Å². The van der Waals surface area contributed by atoms with Crippen molar-refractivity contribution < 1.29 is 19.2 Å². The molecule has 0 unspecified atom stereocenters. The summed E-state index contributed by atoms with van der Waals surface area (Å²) in [6.45, 7) is 0. The highest BCUT2D eigenvalue weighted by Crippen LogP contribution is 2.43. The summed E-state index contributed by atoms with van der Waals surface area (Å²) >= 11 is 0. The average molecular weight is 293 g/mol. The van der Waals surface area contributed by atoms with Crippen LogP contribution in [0.15, 0.2) is 47.0 Å². The Kier molecular flexibility index (Phi) is 2.56. The van der Waals surface area contributed by atoms with Crippen LogP contribution in [0.5, 0.6) is 11.5 Å². The zero-order chi connectivity index (χ0) is 15.3. The number of carbonyl (C=O) groups excluding carboxylic acids is 1. The number of aromatic nitrogens is 1. The number of benzene rings is 2. The molecule has 1 aliphatic rings. The van der Waals surface area contributed by atoms with Crippen LogP contribution in [0, 0.1) is 0 Å². The minimum atomic E-state index is -0.142. The van der Waals surface area contributed by atoms with Crippen LogP contribution >= 0.6 is 0 Å². The summed E-state index contributed by atoms with van der Waals surface area (Å²) in [5, 5.41) is 14.2. The van der Waals surface area contributed by atoms with E-state index in [-0.39, 0.29) is 17.3 Å². The van der Waals surface area contributed by atoms with Crippen LogP contribution in [0.2, 0.25) is 0 Å². The smallest absolute Gasteiger partial charge is 0.199 e. The van der Waals surface area contributed by atoms with E-state index >= 15 is 0 Å². The van der Waals surface area contributed by atoms with Crippen LogP contribution in [0.3, 0.4) is 0 Å². The summed E-state index contributed by atoms with van der Waals surface area (Å²) < 4.78 is 10.4. The van der Waals surface area contributed by atoms with Crippen molar-refractivity contribution in [2.45, 2.75) is 0 Å². The van der Waals surface area contributed by atoms with E-state index in [1.54, 1.807) is 18.2 Å². The van der Waals surface area contributed by atoms with Crippen LogP contribution in [0.1, 0.15) is 15.9 Å². The Labute approximate surface area is 125 Å². The Morgan fingerprint density at radius 3 is 2.59 bits per heavy atom. The van der Waals surface area contributed by atoms with E-state index in [0.29, 0.717) is 28.1 Å². The molecule has 1 aromatic heterocycles. The number of ketones is 1. The fraction of sp³-hybridized carbons (Fsp3) is 0.0588. The van der Waals surface area contributed by atoms with E-state index in [1.807, 2.05) is 18.2 Å². The molecule has 0 spiro atoms. The maximum Gasteiger partial charge on any atom is 0.199 e. The van der Waals surface area contributed by atoms with Crippen molar-refractivity contribution in [1.82, 2.24) is 5.16 Å². The van der Waals surface area contributed by atoms with E-state index in [0.717, 1.165) is 5.56 Å². The highest BCUT2D eigenvalue weighted by molar-refractivity contribution is 6.23. The van der Waals surface area contributed by atoms with Crippen LogP contribution in [-0.4, -0.2) is 23.2 Å². The van der Waals surface area contributed by atoms with Crippen LogP contribution < -0.4 is 4.74 Å². The first-order chi connectivity index (χ1) is 10.7.